The van der Waals surface area contributed by atoms with Gasteiger partial charge in [-0.1, -0.05) is 42.3 Å². The van der Waals surface area contributed by atoms with E-state index in [-0.39, 0.29) is 17.9 Å². The lowest BCUT2D eigenvalue weighted by atomic mass is 9.83. The number of ether oxygens (including phenoxy) is 5. The minimum Gasteiger partial charge on any atom is -0.495 e. The van der Waals surface area contributed by atoms with Gasteiger partial charge in [0.05, 0.1) is 25.3 Å². The number of halogens is 1. The summed E-state index contributed by atoms with van der Waals surface area (Å²) in [5.74, 6) is -0.524. The number of nitrogens with two attached hydrogens (primary N) is 1. The fourth-order valence-electron chi connectivity index (χ4n) is 6.70. The molecular weight excluding hydrogens is 668 g/mol. The van der Waals surface area contributed by atoms with Crippen LogP contribution in [0, 0.1) is 12.8 Å². The molecule has 4 bridgehead atoms. The van der Waals surface area contributed by atoms with Crippen molar-refractivity contribution in [2.24, 2.45) is 5.92 Å². The van der Waals surface area contributed by atoms with Crippen LogP contribution in [0.2, 0.25) is 5.02 Å². The van der Waals surface area contributed by atoms with Gasteiger partial charge in [0.1, 0.15) is 34.7 Å². The molecule has 270 valence electrons. The van der Waals surface area contributed by atoms with Crippen LogP contribution in [-0.2, 0) is 30.2 Å². The summed E-state index contributed by atoms with van der Waals surface area (Å²) >= 11 is 6.74. The molecule has 3 aliphatic rings. The molecule has 2 fully saturated rings. The third-order valence-corrected chi connectivity index (χ3v) is 10.1. The molecule has 2 saturated heterocycles. The van der Waals surface area contributed by atoms with Crippen LogP contribution >= 0.6 is 11.6 Å². The second kappa shape index (κ2) is 14.5. The lowest BCUT2D eigenvalue weighted by Gasteiger charge is -2.42. The number of nitrogen functional groups attached to an aromatic ring is 1. The molecule has 0 spiro atoms. The van der Waals surface area contributed by atoms with Gasteiger partial charge in [-0.15, -0.1) is 0 Å². The van der Waals surface area contributed by atoms with Crippen LogP contribution in [0.5, 0.6) is 5.75 Å². The van der Waals surface area contributed by atoms with E-state index in [0.717, 1.165) is 16.7 Å². The number of methoxy groups -OCH3 is 2. The second-order valence-corrected chi connectivity index (χ2v) is 13.8. The number of epoxide rings is 1. The van der Waals surface area contributed by atoms with Gasteiger partial charge in [0.15, 0.2) is 5.72 Å². The van der Waals surface area contributed by atoms with E-state index in [4.69, 9.17) is 41.0 Å². The summed E-state index contributed by atoms with van der Waals surface area (Å²) in [6, 6.07) is 8.63. The zero-order valence-corrected chi connectivity index (χ0v) is 30.0. The number of carbonyl (C=O) groups is 3. The van der Waals surface area contributed by atoms with Crippen LogP contribution in [0.4, 0.5) is 26.7 Å². The quantitative estimate of drug-likeness (QED) is 0.242. The number of amides is 3. The van der Waals surface area contributed by atoms with Crippen molar-refractivity contribution in [2.45, 2.75) is 82.7 Å². The van der Waals surface area contributed by atoms with E-state index in [1.807, 2.05) is 19.9 Å². The van der Waals surface area contributed by atoms with Gasteiger partial charge in [-0.3, -0.25) is 15.4 Å². The maximum absolute atomic E-state index is 14.0. The zero-order valence-electron chi connectivity index (χ0n) is 29.2. The molecule has 7 atom stereocenters. The smallest absolute Gasteiger partial charge is 0.412 e. The Morgan fingerprint density at radius 2 is 1.94 bits per heavy atom. The Hall–Kier alpha value is -4.30. The van der Waals surface area contributed by atoms with E-state index < -0.39 is 59.8 Å². The van der Waals surface area contributed by atoms with Crippen LogP contribution in [0.15, 0.2) is 54.1 Å². The van der Waals surface area contributed by atoms with Crippen LogP contribution in [0.3, 0.4) is 0 Å². The van der Waals surface area contributed by atoms with Crippen molar-refractivity contribution in [1.29, 1.82) is 0 Å². The van der Waals surface area contributed by atoms with Crippen molar-refractivity contribution in [1.82, 2.24) is 5.32 Å². The van der Waals surface area contributed by atoms with Crippen LogP contribution in [0.25, 0.3) is 0 Å². The number of hydrogen-bond acceptors (Lipinski definition) is 10. The minimum atomic E-state index is -1.81. The normalized spacial score (nSPS) is 31.7. The van der Waals surface area contributed by atoms with Crippen molar-refractivity contribution in [2.75, 3.05) is 37.2 Å². The number of hydrogen-bond donors (Lipinski definition) is 4. The Kier molecular flexibility index (Phi) is 10.7. The number of benzene rings is 2. The lowest BCUT2D eigenvalue weighted by Crippen LogP contribution is -2.63. The van der Waals surface area contributed by atoms with Crippen molar-refractivity contribution < 1.29 is 43.2 Å². The highest BCUT2D eigenvalue weighted by Crippen LogP contribution is 2.49. The highest BCUT2D eigenvalue weighted by atomic mass is 35.5. The summed E-state index contributed by atoms with van der Waals surface area (Å²) in [5.41, 5.74) is 6.81. The number of anilines is 3. The Balaban J connectivity index is 1.54. The van der Waals surface area contributed by atoms with Gasteiger partial charge in [0, 0.05) is 37.9 Å². The molecule has 3 heterocycles. The summed E-state index contributed by atoms with van der Waals surface area (Å²) in [6.45, 7) is 7.27. The number of nitrogens with zero attached hydrogens (tertiary/aromatic N) is 1. The molecule has 0 aromatic heterocycles. The molecule has 0 saturated carbocycles. The lowest BCUT2D eigenvalue weighted by molar-refractivity contribution is -0.142. The number of allylic oxidation sites excluding steroid dienone is 3. The molecule has 50 heavy (non-hydrogen) atoms. The number of alkyl carbamates (subject to hydrolysis) is 1. The van der Waals surface area contributed by atoms with Gasteiger partial charge < -0.3 is 39.4 Å². The third kappa shape index (κ3) is 7.70. The first-order valence-corrected chi connectivity index (χ1v) is 16.7. The number of aliphatic hydroxyl groups is 1. The van der Waals surface area contributed by atoms with Gasteiger partial charge in [0.2, 0.25) is 5.91 Å². The number of carbonyl (C=O) groups excluding carboxylic acids is 3. The standard InChI is InChI=1S/C36H45ClN4O9/c1-19-9-8-10-28(47-7)36(45)18-27(48-34(44)40-36)21(3)32-35(4,50-32)29(49-33(43)39-24-12-11-23(38)14-20(24)2)17-30(42)41(5)25-15-22(13-19)16-26(46-6)31(25)37/h8-12,14-16,21,27-29,32,45H,13,17-18,38H2,1-7H3,(H,39,43)(H,40,44)/b10-8+,19-9+/t21-,27+,28-,29+,32+,35+,36+/m1/s1. The van der Waals surface area contributed by atoms with Crippen molar-refractivity contribution in [3.63, 3.8) is 0 Å². The second-order valence-electron chi connectivity index (χ2n) is 13.4. The molecule has 2 aromatic rings. The fourth-order valence-corrected chi connectivity index (χ4v) is 7.01. The monoisotopic (exact) mass is 712 g/mol. The molecular formula is C36H45ClN4O9. The summed E-state index contributed by atoms with van der Waals surface area (Å²) in [5, 5.41) is 17.2. The molecule has 3 amide bonds. The van der Waals surface area contributed by atoms with E-state index in [1.54, 1.807) is 63.4 Å². The van der Waals surface area contributed by atoms with E-state index >= 15 is 0 Å². The molecule has 5 rings (SSSR count). The average molecular weight is 713 g/mol. The SMILES string of the molecule is COc1cc2cc(c1Cl)N(C)C(=O)C[C@H](OC(=O)Nc1ccc(N)cc1C)[C@]1(C)O[C@H]1[C@H](C)[C@@H]1C[C@@](O)(NC(=O)O1)[C@H](OC)/C=C/C=C(\C)C2. The first-order chi connectivity index (χ1) is 23.6. The first-order valence-electron chi connectivity index (χ1n) is 16.3. The zero-order chi connectivity index (χ0) is 36.5. The van der Waals surface area contributed by atoms with Gasteiger partial charge in [-0.2, -0.15) is 0 Å². The van der Waals surface area contributed by atoms with Crippen LogP contribution in [0.1, 0.15) is 44.7 Å². The minimum absolute atomic E-state index is 0.0321. The number of aryl methyl sites for hydroxylation is 1. The largest absolute Gasteiger partial charge is 0.495 e. The fraction of sp³-hybridized carbons (Fsp3) is 0.472. The Labute approximate surface area is 296 Å². The maximum Gasteiger partial charge on any atom is 0.412 e. The molecule has 3 aliphatic heterocycles. The number of rotatable bonds is 4. The third-order valence-electron chi connectivity index (χ3n) is 9.69. The maximum atomic E-state index is 14.0. The first kappa shape index (κ1) is 37.0. The predicted octanol–water partition coefficient (Wildman–Crippen LogP) is 5.26. The topological polar surface area (TPSA) is 174 Å². The summed E-state index contributed by atoms with van der Waals surface area (Å²) in [6.07, 6.45) is 0.346. The van der Waals surface area contributed by atoms with E-state index in [9.17, 15) is 19.5 Å². The van der Waals surface area contributed by atoms with Gasteiger partial charge in [-0.05, 0) is 68.7 Å². The molecule has 2 aromatic carbocycles. The molecule has 0 unspecified atom stereocenters. The van der Waals surface area contributed by atoms with Gasteiger partial charge in [0.25, 0.3) is 0 Å². The molecule has 0 radical (unpaired) electrons. The molecule has 13 nitrogen and oxygen atoms in total. The van der Waals surface area contributed by atoms with Crippen LogP contribution < -0.4 is 26.0 Å². The highest BCUT2D eigenvalue weighted by molar-refractivity contribution is 6.35. The summed E-state index contributed by atoms with van der Waals surface area (Å²) < 4.78 is 29.0. The number of nitrogens with one attached hydrogen (secondary N) is 2. The predicted molar refractivity (Wildman–Crippen MR) is 188 cm³/mol. The van der Waals surface area contributed by atoms with Crippen molar-refractivity contribution in [3.05, 3.63) is 70.3 Å². The average Bonchev–Trinajstić information content (AvgIpc) is 3.75. The Morgan fingerprint density at radius 1 is 1.20 bits per heavy atom. The summed E-state index contributed by atoms with van der Waals surface area (Å²) in [7, 11) is 4.52. The van der Waals surface area contributed by atoms with Crippen molar-refractivity contribution >= 4 is 46.8 Å². The summed E-state index contributed by atoms with van der Waals surface area (Å²) in [4.78, 5) is 41.6. The molecule has 5 N–H and O–H groups in total. The number of fused-ring (bicyclic) bond motifs is 5. The van der Waals surface area contributed by atoms with Gasteiger partial charge >= 0.3 is 12.2 Å². The Bertz CT molecular complexity index is 1720. The van der Waals surface area contributed by atoms with E-state index in [0.29, 0.717) is 29.2 Å². The van der Waals surface area contributed by atoms with E-state index in [1.165, 1.54) is 19.1 Å². The van der Waals surface area contributed by atoms with Crippen LogP contribution in [-0.4, -0.2) is 80.2 Å². The Morgan fingerprint density at radius 3 is 2.62 bits per heavy atom. The molecule has 0 aliphatic carbocycles. The van der Waals surface area contributed by atoms with E-state index in [2.05, 4.69) is 10.6 Å². The van der Waals surface area contributed by atoms with Gasteiger partial charge in [-0.25, -0.2) is 9.59 Å². The molecule has 14 heteroatoms. The highest BCUT2D eigenvalue weighted by Gasteiger charge is 2.64. The van der Waals surface area contributed by atoms with Crippen molar-refractivity contribution in [3.8, 4) is 5.75 Å².